The Morgan fingerprint density at radius 1 is 0.829 bits per heavy atom. The zero-order valence-corrected chi connectivity index (χ0v) is 39.1. The fourth-order valence-corrected chi connectivity index (χ4v) is 8.43. The van der Waals surface area contributed by atoms with E-state index in [0.29, 0.717) is 22.3 Å². The Bertz CT molecular complexity index is 2450. The minimum atomic E-state index is -1.61. The Hall–Kier alpha value is -6.12. The topological polar surface area (TPSA) is 249 Å². The van der Waals surface area contributed by atoms with Gasteiger partial charge in [-0.2, -0.15) is 0 Å². The Balaban J connectivity index is 1.07. The smallest absolute Gasteiger partial charge is 0.339 e. The lowest BCUT2D eigenvalue weighted by Gasteiger charge is -2.39. The summed E-state index contributed by atoms with van der Waals surface area (Å²) in [5.74, 6) is -3.55. The third-order valence-electron chi connectivity index (χ3n) is 11.9. The molecular weight excluding hydrogens is 905 g/mol. The highest BCUT2D eigenvalue weighted by Crippen LogP contribution is 2.47. The van der Waals surface area contributed by atoms with Gasteiger partial charge in [-0.15, -0.1) is 0 Å². The number of esters is 2. The molecule has 7 N–H and O–H groups in total. The van der Waals surface area contributed by atoms with Crippen LogP contribution in [0, 0.1) is 0 Å². The summed E-state index contributed by atoms with van der Waals surface area (Å²) in [4.78, 5) is 53.9. The van der Waals surface area contributed by atoms with E-state index in [-0.39, 0.29) is 55.7 Å². The molecule has 0 bridgehead atoms. The molecule has 0 aromatic heterocycles. The highest BCUT2D eigenvalue weighted by Gasteiger charge is 2.55. The van der Waals surface area contributed by atoms with Gasteiger partial charge in [0.1, 0.15) is 48.3 Å². The number of hydrogen-bond acceptors (Lipinski definition) is 15. The van der Waals surface area contributed by atoms with Crippen molar-refractivity contribution in [3.05, 3.63) is 160 Å². The number of fused-ring (bicyclic) bond motifs is 1. The molecule has 7 rings (SSSR count). The quantitative estimate of drug-likeness (QED) is 0.0705. The van der Waals surface area contributed by atoms with Gasteiger partial charge in [0.15, 0.2) is 6.29 Å². The number of ether oxygens (including phenoxy) is 6. The fourth-order valence-electron chi connectivity index (χ4n) is 8.43. The highest BCUT2D eigenvalue weighted by molar-refractivity contribution is 5.96. The van der Waals surface area contributed by atoms with E-state index in [1.54, 1.807) is 87.5 Å². The number of amides is 2. The summed E-state index contributed by atoms with van der Waals surface area (Å²) >= 11 is 0. The number of aliphatic hydroxyl groups excluding tert-OH is 5. The predicted octanol–water partition coefficient (Wildman–Crippen LogP) is 3.59. The number of carbonyl (C=O) groups is 4. The zero-order valence-electron chi connectivity index (χ0n) is 39.1. The van der Waals surface area contributed by atoms with Crippen molar-refractivity contribution in [2.45, 2.75) is 113 Å². The van der Waals surface area contributed by atoms with Crippen molar-refractivity contribution in [3.8, 4) is 0 Å². The van der Waals surface area contributed by atoms with Gasteiger partial charge >= 0.3 is 11.9 Å². The van der Waals surface area contributed by atoms with E-state index in [4.69, 9.17) is 28.4 Å². The summed E-state index contributed by atoms with van der Waals surface area (Å²) in [6, 6.07) is 31.2. The molecule has 2 saturated heterocycles. The van der Waals surface area contributed by atoms with Crippen LogP contribution in [0.5, 0.6) is 0 Å². The maximum Gasteiger partial charge on any atom is 0.339 e. The first kappa shape index (κ1) is 51.7. The van der Waals surface area contributed by atoms with Gasteiger partial charge in [0.05, 0.1) is 31.4 Å². The van der Waals surface area contributed by atoms with Gasteiger partial charge in [-0.05, 0) is 62.6 Å². The van der Waals surface area contributed by atoms with Crippen LogP contribution in [0.1, 0.15) is 83.0 Å². The summed E-state index contributed by atoms with van der Waals surface area (Å²) < 4.78 is 36.4. The van der Waals surface area contributed by atoms with Crippen LogP contribution >= 0.6 is 0 Å². The van der Waals surface area contributed by atoms with E-state index in [0.717, 1.165) is 0 Å². The van der Waals surface area contributed by atoms with Gasteiger partial charge < -0.3 is 64.6 Å². The molecule has 0 unspecified atom stereocenters. The lowest BCUT2D eigenvalue weighted by molar-refractivity contribution is -0.298. The van der Waals surface area contributed by atoms with Crippen LogP contribution in [0.15, 0.2) is 127 Å². The van der Waals surface area contributed by atoms with E-state index in [1.807, 2.05) is 60.7 Å². The van der Waals surface area contributed by atoms with Crippen LogP contribution in [-0.2, 0) is 50.3 Å². The van der Waals surface area contributed by atoms with Crippen molar-refractivity contribution in [1.82, 2.24) is 10.6 Å². The Kier molecular flexibility index (Phi) is 17.1. The fraction of sp³-hybridized carbons (Fsp3) is 0.396. The van der Waals surface area contributed by atoms with E-state index in [2.05, 4.69) is 10.6 Å². The summed E-state index contributed by atoms with van der Waals surface area (Å²) in [7, 11) is 0. The largest absolute Gasteiger partial charge is 0.460 e. The number of nitrogens with one attached hydrogen (secondary N) is 2. The Morgan fingerprint density at radius 3 is 2.19 bits per heavy atom. The van der Waals surface area contributed by atoms with E-state index in [1.165, 1.54) is 0 Å². The summed E-state index contributed by atoms with van der Waals surface area (Å²) in [5, 5.41) is 55.8. The predicted molar refractivity (Wildman–Crippen MR) is 252 cm³/mol. The minimum absolute atomic E-state index is 0.00295. The van der Waals surface area contributed by atoms with Crippen LogP contribution in [0.3, 0.4) is 0 Å². The second-order valence-electron chi connectivity index (χ2n) is 18.2. The van der Waals surface area contributed by atoms with Gasteiger partial charge in [0.25, 0.3) is 5.91 Å². The third-order valence-corrected chi connectivity index (χ3v) is 11.9. The number of benzene rings is 4. The lowest BCUT2D eigenvalue weighted by Crippen LogP contribution is -2.59. The van der Waals surface area contributed by atoms with E-state index < -0.39 is 96.8 Å². The molecule has 2 fully saturated rings. The molecule has 4 aromatic rings. The molecule has 0 radical (unpaired) electrons. The first-order valence-electron chi connectivity index (χ1n) is 23.2. The molecule has 0 spiro atoms. The average Bonchev–Trinajstić information content (AvgIpc) is 3.77. The number of aliphatic hydroxyl groups is 5. The SMILES string of the molecule is CC(C)(C)OC(=O)CC[C@@H](CO)NC(=O)c1cccc(CNC(=O)C2=C[C@H]3OC(c4ccccc4)(c4ccccc4)O[C@H]3[C@H](OC(=O)c3ccccc3C=CCO[C@H]3O[C@H](CO)[C@H](O)[C@H](O)[C@H]3O)C2)c1. The molecular formula is C53H60N2O15. The van der Waals surface area contributed by atoms with Crippen LogP contribution in [-0.4, -0.2) is 130 Å². The highest BCUT2D eigenvalue weighted by atomic mass is 16.8. The van der Waals surface area contributed by atoms with Crippen molar-refractivity contribution in [2.24, 2.45) is 0 Å². The van der Waals surface area contributed by atoms with Crippen LogP contribution in [0.2, 0.25) is 0 Å². The van der Waals surface area contributed by atoms with E-state index in [9.17, 15) is 44.7 Å². The van der Waals surface area contributed by atoms with Crippen molar-refractivity contribution in [2.75, 3.05) is 19.8 Å². The number of carbonyl (C=O) groups excluding carboxylic acids is 4. The Labute approximate surface area is 405 Å². The van der Waals surface area contributed by atoms with Crippen molar-refractivity contribution < 1.29 is 73.1 Å². The average molecular weight is 965 g/mol. The van der Waals surface area contributed by atoms with Gasteiger partial charge in [-0.25, -0.2) is 4.79 Å². The normalized spacial score (nSPS) is 24.5. The minimum Gasteiger partial charge on any atom is -0.460 e. The summed E-state index contributed by atoms with van der Waals surface area (Å²) in [5.41, 5.74) is 2.46. The van der Waals surface area contributed by atoms with Gasteiger partial charge in [-0.1, -0.05) is 103 Å². The molecule has 0 saturated carbocycles. The van der Waals surface area contributed by atoms with Crippen molar-refractivity contribution in [1.29, 1.82) is 0 Å². The lowest BCUT2D eigenvalue weighted by atomic mass is 9.91. The maximum absolute atomic E-state index is 14.3. The zero-order chi connectivity index (χ0) is 50.0. The first-order chi connectivity index (χ1) is 33.6. The summed E-state index contributed by atoms with van der Waals surface area (Å²) in [6.45, 7) is 4.15. The number of hydrogen-bond donors (Lipinski definition) is 7. The standard InChI is InChI=1S/C53H60N2O15/c1-52(2,3)69-43(58)24-23-38(30-56)55-49(63)34-16-12-14-32(26-34)29-54-48(62)35-27-40(47-41(28-35)68-53(70-47,36-18-6-4-7-19-36)37-20-8-5-9-21-37)66-50(64)39-22-11-10-15-33(39)17-13-25-65-51-46(61)45(60)44(59)42(31-57)67-51/h4-22,26,28,38,40-42,44-47,51,56-57,59-61H,23-25,27,29-31H2,1-3H3,(H,54,62)(H,55,63)/t38-,40+,41+,42+,44-,45-,46+,47-,51-/m0/s1. The number of rotatable bonds is 18. The molecule has 2 aliphatic heterocycles. The van der Waals surface area contributed by atoms with Crippen molar-refractivity contribution in [3.63, 3.8) is 0 Å². The monoisotopic (exact) mass is 964 g/mol. The molecule has 1 aliphatic carbocycles. The molecule has 2 heterocycles. The molecule has 70 heavy (non-hydrogen) atoms. The van der Waals surface area contributed by atoms with Crippen LogP contribution in [0.4, 0.5) is 0 Å². The second-order valence-corrected chi connectivity index (χ2v) is 18.2. The van der Waals surface area contributed by atoms with Crippen LogP contribution < -0.4 is 10.6 Å². The molecule has 17 heteroatoms. The molecule has 4 aromatic carbocycles. The molecule has 9 atom stereocenters. The second kappa shape index (κ2) is 23.2. The van der Waals surface area contributed by atoms with Crippen LogP contribution in [0.25, 0.3) is 6.08 Å². The van der Waals surface area contributed by atoms with Crippen molar-refractivity contribution >= 4 is 29.8 Å². The third kappa shape index (κ3) is 12.6. The maximum atomic E-state index is 14.3. The van der Waals surface area contributed by atoms with Gasteiger partial charge in [-0.3, -0.25) is 14.4 Å². The molecule has 2 amide bonds. The van der Waals surface area contributed by atoms with Gasteiger partial charge in [0.2, 0.25) is 11.7 Å². The van der Waals surface area contributed by atoms with E-state index >= 15 is 0 Å². The molecule has 3 aliphatic rings. The Morgan fingerprint density at radius 2 is 1.51 bits per heavy atom. The first-order valence-corrected chi connectivity index (χ1v) is 23.2. The molecule has 17 nitrogen and oxygen atoms in total. The van der Waals surface area contributed by atoms with Gasteiger partial charge in [0, 0.05) is 41.6 Å². The molecule has 372 valence electrons. The summed E-state index contributed by atoms with van der Waals surface area (Å²) in [6.07, 6.45) is -5.04.